The summed E-state index contributed by atoms with van der Waals surface area (Å²) in [5, 5.41) is 5.74. The van der Waals surface area contributed by atoms with Gasteiger partial charge in [0.25, 0.3) is 0 Å². The molecule has 2 N–H and O–H groups in total. The van der Waals surface area contributed by atoms with Gasteiger partial charge in [-0.1, -0.05) is 29.8 Å². The average molecular weight is 298 g/mol. The van der Waals surface area contributed by atoms with Crippen LogP contribution in [0.2, 0.25) is 0 Å². The fraction of sp³-hybridized carbons (Fsp3) is 0.278. The highest BCUT2D eigenvalue weighted by Crippen LogP contribution is 2.16. The summed E-state index contributed by atoms with van der Waals surface area (Å²) < 4.78 is 5.18. The minimum absolute atomic E-state index is 0.185. The summed E-state index contributed by atoms with van der Waals surface area (Å²) in [5.74, 6) is 0.831. The van der Waals surface area contributed by atoms with E-state index < -0.39 is 0 Å². The van der Waals surface area contributed by atoms with E-state index in [0.717, 1.165) is 29.0 Å². The molecule has 0 aromatic heterocycles. The number of nitrogens with one attached hydrogen (secondary N) is 2. The first-order chi connectivity index (χ1) is 10.6. The van der Waals surface area contributed by atoms with E-state index >= 15 is 0 Å². The molecule has 0 saturated carbocycles. The number of aryl methyl sites for hydroxylation is 2. The van der Waals surface area contributed by atoms with Gasteiger partial charge in [0.05, 0.1) is 7.11 Å². The van der Waals surface area contributed by atoms with Crippen LogP contribution in [0, 0.1) is 13.8 Å². The third-order valence-corrected chi connectivity index (χ3v) is 3.46. The summed E-state index contributed by atoms with van der Waals surface area (Å²) in [6.45, 7) is 4.59. The van der Waals surface area contributed by atoms with E-state index in [0.29, 0.717) is 6.54 Å². The Bertz CT molecular complexity index is 653. The number of carbonyl (C=O) groups is 1. The molecule has 4 nitrogen and oxygen atoms in total. The minimum atomic E-state index is -0.185. The number of carbonyl (C=O) groups excluding carboxylic acids is 1. The Morgan fingerprint density at radius 3 is 2.68 bits per heavy atom. The van der Waals surface area contributed by atoms with Crippen LogP contribution >= 0.6 is 0 Å². The molecule has 0 radical (unpaired) electrons. The third kappa shape index (κ3) is 4.52. The zero-order valence-corrected chi connectivity index (χ0v) is 13.3. The van der Waals surface area contributed by atoms with Crippen LogP contribution < -0.4 is 15.4 Å². The molecule has 0 saturated heterocycles. The van der Waals surface area contributed by atoms with Crippen LogP contribution in [0.5, 0.6) is 5.75 Å². The van der Waals surface area contributed by atoms with Crippen molar-refractivity contribution >= 4 is 11.7 Å². The highest BCUT2D eigenvalue weighted by Gasteiger charge is 2.04. The van der Waals surface area contributed by atoms with Gasteiger partial charge >= 0.3 is 6.03 Å². The van der Waals surface area contributed by atoms with Crippen molar-refractivity contribution in [2.24, 2.45) is 0 Å². The molecule has 0 heterocycles. The number of hydrogen-bond donors (Lipinski definition) is 2. The van der Waals surface area contributed by atoms with Gasteiger partial charge in [0.15, 0.2) is 0 Å². The Kier molecular flexibility index (Phi) is 5.42. The molecule has 2 rings (SSSR count). The molecule has 4 heteroatoms. The van der Waals surface area contributed by atoms with Gasteiger partial charge in [-0.05, 0) is 49.6 Å². The van der Waals surface area contributed by atoms with Gasteiger partial charge in [0.1, 0.15) is 5.75 Å². The van der Waals surface area contributed by atoms with Gasteiger partial charge in [0, 0.05) is 12.2 Å². The molecular formula is C18H22N2O2. The number of amides is 2. The van der Waals surface area contributed by atoms with Crippen molar-refractivity contribution < 1.29 is 9.53 Å². The monoisotopic (exact) mass is 298 g/mol. The van der Waals surface area contributed by atoms with Crippen LogP contribution in [0.25, 0.3) is 0 Å². The second-order valence-corrected chi connectivity index (χ2v) is 5.30. The van der Waals surface area contributed by atoms with Crippen LogP contribution in [0.4, 0.5) is 10.5 Å². The zero-order chi connectivity index (χ0) is 15.9. The summed E-state index contributed by atoms with van der Waals surface area (Å²) >= 11 is 0. The number of methoxy groups -OCH3 is 1. The fourth-order valence-corrected chi connectivity index (χ4v) is 2.27. The largest absolute Gasteiger partial charge is 0.497 e. The molecule has 0 unspecified atom stereocenters. The van der Waals surface area contributed by atoms with E-state index in [9.17, 15) is 4.79 Å². The maximum atomic E-state index is 11.9. The Morgan fingerprint density at radius 1 is 1.14 bits per heavy atom. The Balaban J connectivity index is 1.82. The summed E-state index contributed by atoms with van der Waals surface area (Å²) in [7, 11) is 1.65. The van der Waals surface area contributed by atoms with Gasteiger partial charge in [-0.2, -0.15) is 0 Å². The van der Waals surface area contributed by atoms with E-state index in [-0.39, 0.29) is 6.03 Å². The van der Waals surface area contributed by atoms with Crippen molar-refractivity contribution in [2.45, 2.75) is 20.3 Å². The van der Waals surface area contributed by atoms with Crippen LogP contribution in [-0.2, 0) is 6.42 Å². The van der Waals surface area contributed by atoms with Gasteiger partial charge in [-0.25, -0.2) is 4.79 Å². The van der Waals surface area contributed by atoms with E-state index in [1.165, 1.54) is 5.56 Å². The highest BCUT2D eigenvalue weighted by molar-refractivity contribution is 5.90. The molecule has 0 bridgehead atoms. The fourth-order valence-electron chi connectivity index (χ4n) is 2.27. The first-order valence-electron chi connectivity index (χ1n) is 7.33. The molecule has 2 amide bonds. The zero-order valence-electron chi connectivity index (χ0n) is 13.3. The molecule has 0 fully saturated rings. The van der Waals surface area contributed by atoms with Crippen LogP contribution in [0.3, 0.4) is 0 Å². The highest BCUT2D eigenvalue weighted by atomic mass is 16.5. The third-order valence-electron chi connectivity index (χ3n) is 3.46. The van der Waals surface area contributed by atoms with Crippen molar-refractivity contribution in [3.8, 4) is 5.75 Å². The SMILES string of the molecule is COc1cccc(CCNC(=O)Nc2ccc(C)cc2C)c1. The van der Waals surface area contributed by atoms with E-state index in [1.807, 2.05) is 56.3 Å². The van der Waals surface area contributed by atoms with Crippen molar-refractivity contribution in [1.29, 1.82) is 0 Å². The number of rotatable bonds is 5. The second-order valence-electron chi connectivity index (χ2n) is 5.30. The van der Waals surface area contributed by atoms with Crippen LogP contribution in [0.15, 0.2) is 42.5 Å². The number of hydrogen-bond acceptors (Lipinski definition) is 2. The lowest BCUT2D eigenvalue weighted by Crippen LogP contribution is -2.30. The minimum Gasteiger partial charge on any atom is -0.497 e. The van der Waals surface area contributed by atoms with Crippen LogP contribution in [0.1, 0.15) is 16.7 Å². The molecule has 2 aromatic rings. The summed E-state index contributed by atoms with van der Waals surface area (Å²) in [6.07, 6.45) is 0.761. The predicted molar refractivity (Wildman–Crippen MR) is 89.6 cm³/mol. The quantitative estimate of drug-likeness (QED) is 0.884. The number of urea groups is 1. The van der Waals surface area contributed by atoms with Crippen molar-refractivity contribution in [2.75, 3.05) is 19.0 Å². The van der Waals surface area contributed by atoms with Crippen molar-refractivity contribution in [3.05, 3.63) is 59.2 Å². The number of ether oxygens (including phenoxy) is 1. The number of anilines is 1. The molecule has 0 aliphatic rings. The van der Waals surface area contributed by atoms with E-state index in [2.05, 4.69) is 10.6 Å². The van der Waals surface area contributed by atoms with Crippen LogP contribution in [-0.4, -0.2) is 19.7 Å². The first-order valence-corrected chi connectivity index (χ1v) is 7.33. The Hall–Kier alpha value is -2.49. The topological polar surface area (TPSA) is 50.4 Å². The Morgan fingerprint density at radius 2 is 1.95 bits per heavy atom. The lowest BCUT2D eigenvalue weighted by atomic mass is 10.1. The first kappa shape index (κ1) is 15.9. The lowest BCUT2D eigenvalue weighted by molar-refractivity contribution is 0.252. The van der Waals surface area contributed by atoms with Gasteiger partial charge in [-0.15, -0.1) is 0 Å². The molecule has 0 spiro atoms. The smallest absolute Gasteiger partial charge is 0.319 e. The molecule has 0 aliphatic carbocycles. The number of benzene rings is 2. The Labute approximate surface area is 131 Å². The molecule has 0 aliphatic heterocycles. The average Bonchev–Trinajstić information content (AvgIpc) is 2.50. The molecular weight excluding hydrogens is 276 g/mol. The predicted octanol–water partition coefficient (Wildman–Crippen LogP) is 3.68. The molecule has 2 aromatic carbocycles. The van der Waals surface area contributed by atoms with Gasteiger partial charge in [0.2, 0.25) is 0 Å². The maximum Gasteiger partial charge on any atom is 0.319 e. The van der Waals surface area contributed by atoms with E-state index in [4.69, 9.17) is 4.74 Å². The normalized spacial score (nSPS) is 10.1. The lowest BCUT2D eigenvalue weighted by Gasteiger charge is -2.11. The molecule has 116 valence electrons. The standard InChI is InChI=1S/C18H22N2O2/c1-13-7-8-17(14(2)11-13)20-18(21)19-10-9-15-5-4-6-16(12-15)22-3/h4-8,11-12H,9-10H2,1-3H3,(H2,19,20,21). The van der Waals surface area contributed by atoms with Gasteiger partial charge in [-0.3, -0.25) is 0 Å². The molecule has 0 atom stereocenters. The maximum absolute atomic E-state index is 11.9. The summed E-state index contributed by atoms with van der Waals surface area (Å²) in [4.78, 5) is 11.9. The summed E-state index contributed by atoms with van der Waals surface area (Å²) in [6, 6.07) is 13.6. The van der Waals surface area contributed by atoms with Gasteiger partial charge < -0.3 is 15.4 Å². The van der Waals surface area contributed by atoms with E-state index in [1.54, 1.807) is 7.11 Å². The van der Waals surface area contributed by atoms with Crippen molar-refractivity contribution in [3.63, 3.8) is 0 Å². The van der Waals surface area contributed by atoms with Crippen molar-refractivity contribution in [1.82, 2.24) is 5.32 Å². The second kappa shape index (κ2) is 7.50. The molecule has 22 heavy (non-hydrogen) atoms. The summed E-state index contributed by atoms with van der Waals surface area (Å²) in [5.41, 5.74) is 4.21.